The molecule has 34 heteroatoms. The van der Waals surface area contributed by atoms with Gasteiger partial charge in [0.25, 0.3) is 0 Å². The summed E-state index contributed by atoms with van der Waals surface area (Å²) in [5, 5.41) is 56.4. The Morgan fingerprint density at radius 3 is 1.02 bits per heavy atom. The number of aryl methyl sites for hydroxylation is 8. The fourth-order valence-electron chi connectivity index (χ4n) is 14.0. The molecule has 0 aliphatic heterocycles. The lowest BCUT2D eigenvalue weighted by molar-refractivity contribution is -0.135. The molecule has 608 valence electrons. The molecule has 12 aromatic heterocycles. The average Bonchev–Trinajstić information content (AvgIpc) is 1.47. The number of rotatable bonds is 24. The number of aliphatic carboxylic acids is 1. The first-order chi connectivity index (χ1) is 58.1. The van der Waals surface area contributed by atoms with Gasteiger partial charge in [-0.05, 0) is 96.6 Å². The first-order valence-electron chi connectivity index (χ1n) is 38.7. The largest absolute Gasteiger partial charge is 0.480 e. The van der Waals surface area contributed by atoms with Crippen molar-refractivity contribution < 1.29 is 14.7 Å². The minimum Gasteiger partial charge on any atom is -0.480 e. The SMILES string of the molecule is Cn1cc(-c2cccc(-c3ncc(-c4ccn(C)n4)c(NC4CCC4)n3)c2)cn1.Cn1cc(-c2cccc(-c3ncc(-c4cnn(C)c4)c(NC4CC(CN)(CCl)C4)n3)c2)cn1.Cn1cc(-c2cccc(-c3ncc(-c4cnn(C)c4)c(NCC(=O)O)n3)c2)cn1.Cn1cc(-c2cccc(-c3ncc(-c4cnn(C)c4)c(NCC(N)=O)n3)c2)cn1. The van der Waals surface area contributed by atoms with Crippen LogP contribution in [-0.2, 0) is 66.0 Å². The summed E-state index contributed by atoms with van der Waals surface area (Å²) in [6.45, 7) is 0.319. The van der Waals surface area contributed by atoms with Crippen LogP contribution in [0.25, 0.3) is 135 Å². The molecule has 2 aliphatic rings. The molecule has 2 saturated carbocycles. The maximum absolute atomic E-state index is 11.3. The molecule has 0 bridgehead atoms. The van der Waals surface area contributed by atoms with Gasteiger partial charge in [-0.3, -0.25) is 47.0 Å². The summed E-state index contributed by atoms with van der Waals surface area (Å²) >= 11 is 6.18. The van der Waals surface area contributed by atoms with Crippen LogP contribution in [0.1, 0.15) is 32.1 Å². The van der Waals surface area contributed by atoms with Gasteiger partial charge >= 0.3 is 5.97 Å². The van der Waals surface area contributed by atoms with Gasteiger partial charge in [0.2, 0.25) is 5.91 Å². The van der Waals surface area contributed by atoms with Gasteiger partial charge in [0.15, 0.2) is 23.3 Å². The van der Waals surface area contributed by atoms with E-state index in [1.165, 1.54) is 19.3 Å². The number of benzene rings is 4. The number of aromatic nitrogens is 24. The highest BCUT2D eigenvalue weighted by Crippen LogP contribution is 2.44. The Bertz CT molecular complexity index is 6100. The fraction of sp³-hybridized carbons (Fsp3) is 0.233. The van der Waals surface area contributed by atoms with Crippen molar-refractivity contribution in [3.05, 3.63) is 221 Å². The zero-order chi connectivity index (χ0) is 83.6. The highest BCUT2D eigenvalue weighted by Gasteiger charge is 2.43. The van der Waals surface area contributed by atoms with Crippen molar-refractivity contribution in [2.24, 2.45) is 73.3 Å². The highest BCUT2D eigenvalue weighted by atomic mass is 35.5. The summed E-state index contributed by atoms with van der Waals surface area (Å²) in [5.74, 6) is 4.15. The van der Waals surface area contributed by atoms with Crippen LogP contribution in [0.3, 0.4) is 0 Å². The van der Waals surface area contributed by atoms with E-state index in [4.69, 9.17) is 43.1 Å². The second-order valence-electron chi connectivity index (χ2n) is 29.8. The lowest BCUT2D eigenvalue weighted by Crippen LogP contribution is -2.50. The van der Waals surface area contributed by atoms with E-state index in [1.54, 1.807) is 68.4 Å². The molecule has 18 rings (SSSR count). The average molecular weight is 1630 g/mol. The van der Waals surface area contributed by atoms with Crippen molar-refractivity contribution in [1.29, 1.82) is 0 Å². The second kappa shape index (κ2) is 35.8. The van der Waals surface area contributed by atoms with Gasteiger partial charge in [-0.1, -0.05) is 72.8 Å². The van der Waals surface area contributed by atoms with Crippen LogP contribution < -0.4 is 32.7 Å². The maximum atomic E-state index is 11.3. The van der Waals surface area contributed by atoms with Crippen molar-refractivity contribution in [2.45, 2.75) is 44.2 Å². The van der Waals surface area contributed by atoms with Crippen LogP contribution in [0.5, 0.6) is 0 Å². The monoisotopic (exact) mass is 1620 g/mol. The zero-order valence-electron chi connectivity index (χ0n) is 67.3. The first kappa shape index (κ1) is 80.5. The standard InChI is InChI=1S/C24H27ClN8.C22H23N7.C20H20N8O.C20H19N7O2/c1-32-12-18(9-28-32)16-4-3-5-17(6-16)22-27-11-21(19-10-29-33(2)13-19)23(31-22)30-20-7-24(8-20,14-25)15-26;1-28-10-9-20(27-28)19-13-23-21(26-22(19)25-18-7-4-8-18)16-6-3-5-15(11-16)17-12-24-29(2)14-17;1-27-11-15(7-24-27)13-4-3-5-14(6-13)19-22-9-17(16-8-25-28(2)12-16)20(26-19)23-10-18(21)29;1-26-11-15(7-23-26)13-4-3-5-14(6-13)19-21-9-17(16-8-24-27(2)12-16)20(25-19)22-10-18(28)29/h3-6,9-13,20H,7-8,14-15,26H2,1-2H3,(H,27,30,31);3,5-6,9-14,18H,4,7-8H2,1-2H3,(H,23,25,26);3-9,11-12H,10H2,1-2H3,(H2,21,29)(H,22,23,26);3-9,11-12H,10H2,1-2H3,(H,28,29)(H,21,22,25). The van der Waals surface area contributed by atoms with Crippen molar-refractivity contribution in [3.8, 4) is 135 Å². The Hall–Kier alpha value is -14.7. The molecule has 16 aromatic rings. The number of nitrogens with two attached hydrogens (primary N) is 2. The number of primary amides is 1. The number of anilines is 4. The minimum atomic E-state index is -0.971. The summed E-state index contributed by atoms with van der Waals surface area (Å²) < 4.78 is 14.0. The predicted molar refractivity (Wildman–Crippen MR) is 461 cm³/mol. The maximum Gasteiger partial charge on any atom is 0.322 e. The number of carboxylic acid groups (broad SMARTS) is 1. The van der Waals surface area contributed by atoms with Crippen molar-refractivity contribution >= 4 is 46.7 Å². The third kappa shape index (κ3) is 19.2. The number of nitrogens with zero attached hydrogens (tertiary/aromatic N) is 24. The highest BCUT2D eigenvalue weighted by molar-refractivity contribution is 6.18. The van der Waals surface area contributed by atoms with Gasteiger partial charge in [0, 0.05) is 227 Å². The molecule has 0 atom stereocenters. The quantitative estimate of drug-likeness (QED) is 0.0276. The Balaban J connectivity index is 0.000000125. The van der Waals surface area contributed by atoms with Crippen LogP contribution in [0.2, 0.25) is 0 Å². The van der Waals surface area contributed by atoms with E-state index < -0.39 is 11.9 Å². The first-order valence-corrected chi connectivity index (χ1v) is 39.3. The van der Waals surface area contributed by atoms with Crippen molar-refractivity contribution in [1.82, 2.24) is 118 Å². The summed E-state index contributed by atoms with van der Waals surface area (Å²) in [6, 6.07) is 34.9. The Labute approximate surface area is 695 Å². The number of nitrogens with one attached hydrogen (secondary N) is 4. The van der Waals surface area contributed by atoms with E-state index in [0.29, 0.717) is 59.0 Å². The summed E-state index contributed by atoms with van der Waals surface area (Å²) in [7, 11) is 15.0. The van der Waals surface area contributed by atoms with Crippen LogP contribution in [0.15, 0.2) is 221 Å². The van der Waals surface area contributed by atoms with Gasteiger partial charge in [0.05, 0.1) is 61.2 Å². The number of hydrogen-bond acceptors (Lipinski definition) is 23. The van der Waals surface area contributed by atoms with Crippen LogP contribution >= 0.6 is 11.6 Å². The summed E-state index contributed by atoms with van der Waals surface area (Å²) in [5.41, 5.74) is 30.0. The molecule has 2 aliphatic carbocycles. The Morgan fingerprint density at radius 2 is 0.725 bits per heavy atom. The molecule has 120 heavy (non-hydrogen) atoms. The molecule has 0 spiro atoms. The molecule has 4 aromatic carbocycles. The number of carboxylic acids is 1. The van der Waals surface area contributed by atoms with E-state index in [-0.39, 0.29) is 24.5 Å². The van der Waals surface area contributed by atoms with Gasteiger partial charge in [0.1, 0.15) is 29.8 Å². The van der Waals surface area contributed by atoms with Gasteiger partial charge in [-0.25, -0.2) is 39.9 Å². The van der Waals surface area contributed by atoms with Crippen LogP contribution in [-0.4, -0.2) is 173 Å². The molecule has 0 radical (unpaired) electrons. The number of carbonyl (C=O) groups excluding carboxylic acids is 1. The third-order valence-corrected chi connectivity index (χ3v) is 21.1. The smallest absolute Gasteiger partial charge is 0.322 e. The van der Waals surface area contributed by atoms with Crippen LogP contribution in [0.4, 0.5) is 23.3 Å². The van der Waals surface area contributed by atoms with E-state index in [0.717, 1.165) is 130 Å². The van der Waals surface area contributed by atoms with E-state index in [9.17, 15) is 9.59 Å². The minimum absolute atomic E-state index is 0.0155. The number of amides is 1. The molecular weight excluding hydrogens is 1540 g/mol. The van der Waals surface area contributed by atoms with Gasteiger partial charge < -0.3 is 37.8 Å². The number of halogens is 1. The number of alkyl halides is 1. The molecule has 0 unspecified atom stereocenters. The molecule has 9 N–H and O–H groups in total. The van der Waals surface area contributed by atoms with Crippen molar-refractivity contribution in [3.63, 3.8) is 0 Å². The molecule has 0 saturated heterocycles. The predicted octanol–water partition coefficient (Wildman–Crippen LogP) is 11.9. The number of hydrogen-bond donors (Lipinski definition) is 7. The summed E-state index contributed by atoms with van der Waals surface area (Å²) in [4.78, 5) is 59.8. The fourth-order valence-corrected chi connectivity index (χ4v) is 14.3. The molecular formula is C86H89ClN30O3. The molecule has 33 nitrogen and oxygen atoms in total. The van der Waals surface area contributed by atoms with E-state index in [2.05, 4.69) is 111 Å². The second-order valence-corrected chi connectivity index (χ2v) is 30.0. The van der Waals surface area contributed by atoms with Gasteiger partial charge in [-0.15, -0.1) is 11.6 Å². The summed E-state index contributed by atoms with van der Waals surface area (Å²) in [6.07, 6.45) is 40.7. The Morgan fingerprint density at radius 1 is 0.408 bits per heavy atom. The molecule has 1 amide bonds. The number of carbonyl (C=O) groups is 2. The Kier molecular flexibility index (Phi) is 24.0. The van der Waals surface area contributed by atoms with E-state index >= 15 is 0 Å². The lowest BCUT2D eigenvalue weighted by atomic mass is 9.66. The normalized spacial score (nSPS) is 14.1. The van der Waals surface area contributed by atoms with E-state index in [1.807, 2.05) is 222 Å². The molecule has 2 fully saturated rings. The zero-order valence-corrected chi connectivity index (χ0v) is 68.1. The van der Waals surface area contributed by atoms with Crippen molar-refractivity contribution in [2.75, 3.05) is 46.8 Å². The lowest BCUT2D eigenvalue weighted by Gasteiger charge is -2.46. The topological polar surface area (TPSA) is 400 Å². The third-order valence-electron chi connectivity index (χ3n) is 20.5. The van der Waals surface area contributed by atoms with Gasteiger partial charge in [-0.2, -0.15) is 40.8 Å². The van der Waals surface area contributed by atoms with Crippen LogP contribution in [0, 0.1) is 5.41 Å². The molecule has 12 heterocycles.